The number of fused-ring (bicyclic) bond motifs is 3. The molecule has 1 aromatic rings. The molecule has 5 atom stereocenters. The van der Waals surface area contributed by atoms with Crippen molar-refractivity contribution in [2.75, 3.05) is 20.1 Å². The Balaban J connectivity index is 1.50. The normalized spacial score (nSPS) is 30.4. The third-order valence-electron chi connectivity index (χ3n) is 8.10. The standard InChI is InChI=1S/C28H37NO7/c1-17-7-6-12-27(4)13-14-28(33)22(26(32)36-25(28)24(17)27)15-29(5)16-23(35-19(3)31)20-8-10-21(11-9-20)34-18(2)30/h8-11,22-23,25,33H,6-7,12-16H2,1-5H3/t22?,23?,25-,27+,28?/m0/s1. The number of hydrogen-bond acceptors (Lipinski definition) is 8. The van der Waals surface area contributed by atoms with Gasteiger partial charge in [-0.2, -0.15) is 0 Å². The molecule has 2 aliphatic carbocycles. The molecular formula is C28H37NO7. The molecule has 2 fully saturated rings. The SMILES string of the molecule is CC(=O)Oc1ccc(C(CN(C)CC2C(=O)O[C@H]3C4=C(C)CCC[C@]4(C)CCC23O)OC(C)=O)cc1. The van der Waals surface area contributed by atoms with Crippen LogP contribution in [-0.4, -0.2) is 59.8 Å². The van der Waals surface area contributed by atoms with Crippen molar-refractivity contribution >= 4 is 17.9 Å². The molecule has 0 radical (unpaired) electrons. The summed E-state index contributed by atoms with van der Waals surface area (Å²) in [6.45, 7) is 7.60. The third-order valence-corrected chi connectivity index (χ3v) is 8.10. The summed E-state index contributed by atoms with van der Waals surface area (Å²) in [7, 11) is 1.84. The highest BCUT2D eigenvalue weighted by atomic mass is 16.6. The van der Waals surface area contributed by atoms with E-state index in [0.717, 1.165) is 36.8 Å². The maximum absolute atomic E-state index is 13.1. The fourth-order valence-electron chi connectivity index (χ4n) is 6.34. The molecule has 4 rings (SSSR count). The molecule has 3 unspecified atom stereocenters. The van der Waals surface area contributed by atoms with E-state index in [4.69, 9.17) is 14.2 Å². The minimum absolute atomic E-state index is 0.0288. The van der Waals surface area contributed by atoms with Crippen molar-refractivity contribution in [1.82, 2.24) is 4.90 Å². The van der Waals surface area contributed by atoms with E-state index in [9.17, 15) is 19.5 Å². The van der Waals surface area contributed by atoms with Gasteiger partial charge in [-0.3, -0.25) is 14.4 Å². The summed E-state index contributed by atoms with van der Waals surface area (Å²) < 4.78 is 16.5. The van der Waals surface area contributed by atoms with Gasteiger partial charge in [0.2, 0.25) is 0 Å². The van der Waals surface area contributed by atoms with E-state index in [1.807, 2.05) is 11.9 Å². The number of carbonyl (C=O) groups is 3. The summed E-state index contributed by atoms with van der Waals surface area (Å²) in [5.74, 6) is -1.51. The summed E-state index contributed by atoms with van der Waals surface area (Å²) in [6.07, 6.45) is 3.29. The molecule has 1 aliphatic heterocycles. The number of ether oxygens (including phenoxy) is 3. The van der Waals surface area contributed by atoms with Crippen molar-refractivity contribution < 1.29 is 33.7 Å². The number of aliphatic hydroxyl groups is 1. The van der Waals surface area contributed by atoms with E-state index in [1.165, 1.54) is 19.4 Å². The minimum atomic E-state index is -1.25. The lowest BCUT2D eigenvalue weighted by molar-refractivity contribution is -0.149. The van der Waals surface area contributed by atoms with Gasteiger partial charge in [0.1, 0.15) is 23.4 Å². The second kappa shape index (κ2) is 9.98. The lowest BCUT2D eigenvalue weighted by Crippen LogP contribution is -2.55. The maximum atomic E-state index is 13.1. The van der Waals surface area contributed by atoms with Crippen LogP contribution in [-0.2, 0) is 23.9 Å². The first-order valence-electron chi connectivity index (χ1n) is 12.7. The molecule has 196 valence electrons. The van der Waals surface area contributed by atoms with Gasteiger partial charge in [-0.25, -0.2) is 0 Å². The first-order valence-corrected chi connectivity index (χ1v) is 12.7. The highest BCUT2D eigenvalue weighted by molar-refractivity contribution is 5.78. The summed E-state index contributed by atoms with van der Waals surface area (Å²) in [4.78, 5) is 38.0. The third kappa shape index (κ3) is 5.06. The van der Waals surface area contributed by atoms with E-state index < -0.39 is 35.7 Å². The van der Waals surface area contributed by atoms with Gasteiger partial charge in [0.05, 0.1) is 0 Å². The smallest absolute Gasteiger partial charge is 0.314 e. The van der Waals surface area contributed by atoms with Crippen LogP contribution in [0.2, 0.25) is 0 Å². The van der Waals surface area contributed by atoms with Crippen molar-refractivity contribution in [3.05, 3.63) is 41.0 Å². The predicted molar refractivity (Wildman–Crippen MR) is 132 cm³/mol. The average Bonchev–Trinajstić information content (AvgIpc) is 3.03. The molecule has 36 heavy (non-hydrogen) atoms. The largest absolute Gasteiger partial charge is 0.456 e. The van der Waals surface area contributed by atoms with Crippen LogP contribution in [0, 0.1) is 11.3 Å². The zero-order valence-corrected chi connectivity index (χ0v) is 21.8. The van der Waals surface area contributed by atoms with E-state index in [0.29, 0.717) is 18.7 Å². The molecule has 1 aromatic carbocycles. The predicted octanol–water partition coefficient (Wildman–Crippen LogP) is 3.72. The molecule has 0 spiro atoms. The van der Waals surface area contributed by atoms with E-state index in [1.54, 1.807) is 24.3 Å². The van der Waals surface area contributed by atoms with Crippen LogP contribution in [0.4, 0.5) is 0 Å². The summed E-state index contributed by atoms with van der Waals surface area (Å²) >= 11 is 0. The highest BCUT2D eigenvalue weighted by Crippen LogP contribution is 2.57. The number of nitrogens with zero attached hydrogens (tertiary/aromatic N) is 1. The quantitative estimate of drug-likeness (QED) is 0.344. The Morgan fingerprint density at radius 2 is 1.86 bits per heavy atom. The monoisotopic (exact) mass is 499 g/mol. The maximum Gasteiger partial charge on any atom is 0.314 e. The van der Waals surface area contributed by atoms with Gasteiger partial charge in [-0.1, -0.05) is 24.6 Å². The van der Waals surface area contributed by atoms with Crippen LogP contribution in [0.25, 0.3) is 0 Å². The molecule has 0 aromatic heterocycles. The molecule has 8 heteroatoms. The van der Waals surface area contributed by atoms with Crippen molar-refractivity contribution in [2.45, 2.75) is 77.6 Å². The Labute approximate surface area is 212 Å². The Morgan fingerprint density at radius 3 is 2.50 bits per heavy atom. The van der Waals surface area contributed by atoms with E-state index in [-0.39, 0.29) is 17.9 Å². The molecule has 1 saturated carbocycles. The van der Waals surface area contributed by atoms with Crippen LogP contribution in [0.15, 0.2) is 35.4 Å². The lowest BCUT2D eigenvalue weighted by atomic mass is 9.58. The van der Waals surface area contributed by atoms with E-state index in [2.05, 4.69) is 13.8 Å². The van der Waals surface area contributed by atoms with Gasteiger partial charge in [0.15, 0.2) is 6.10 Å². The molecule has 1 saturated heterocycles. The Kier molecular flexibility index (Phi) is 7.30. The first kappa shape index (κ1) is 26.4. The molecule has 0 bridgehead atoms. The van der Waals surface area contributed by atoms with Crippen LogP contribution in [0.5, 0.6) is 5.75 Å². The second-order valence-electron chi connectivity index (χ2n) is 11.0. The fraction of sp³-hybridized carbons (Fsp3) is 0.607. The number of carbonyl (C=O) groups excluding carboxylic acids is 3. The van der Waals surface area contributed by atoms with Crippen molar-refractivity contribution in [2.24, 2.45) is 11.3 Å². The Hall–Kier alpha value is -2.71. The molecule has 1 heterocycles. The molecular weight excluding hydrogens is 462 g/mol. The fourth-order valence-corrected chi connectivity index (χ4v) is 6.34. The van der Waals surface area contributed by atoms with Crippen molar-refractivity contribution in [3.8, 4) is 5.75 Å². The summed E-state index contributed by atoms with van der Waals surface area (Å²) in [6, 6.07) is 6.78. The summed E-state index contributed by atoms with van der Waals surface area (Å²) in [5, 5.41) is 11.8. The van der Waals surface area contributed by atoms with Gasteiger partial charge in [0.25, 0.3) is 0 Å². The topological polar surface area (TPSA) is 102 Å². The second-order valence-corrected chi connectivity index (χ2v) is 11.0. The van der Waals surface area contributed by atoms with Crippen LogP contribution >= 0.6 is 0 Å². The summed E-state index contributed by atoms with van der Waals surface area (Å²) in [5.41, 5.74) is 1.81. The molecule has 1 N–H and O–H groups in total. The van der Waals surface area contributed by atoms with E-state index >= 15 is 0 Å². The molecule has 3 aliphatic rings. The number of benzene rings is 1. The van der Waals surface area contributed by atoms with Gasteiger partial charge >= 0.3 is 17.9 Å². The minimum Gasteiger partial charge on any atom is -0.456 e. The molecule has 8 nitrogen and oxygen atoms in total. The highest BCUT2D eigenvalue weighted by Gasteiger charge is 2.63. The number of hydrogen-bond donors (Lipinski definition) is 1. The number of rotatable bonds is 7. The lowest BCUT2D eigenvalue weighted by Gasteiger charge is -2.49. The van der Waals surface area contributed by atoms with Gasteiger partial charge in [-0.05, 0) is 74.8 Å². The number of allylic oxidation sites excluding steroid dienone is 1. The van der Waals surface area contributed by atoms with Crippen LogP contribution in [0.3, 0.4) is 0 Å². The Bertz CT molecular complexity index is 1060. The zero-order valence-electron chi connectivity index (χ0n) is 21.8. The van der Waals surface area contributed by atoms with Crippen molar-refractivity contribution in [1.29, 1.82) is 0 Å². The average molecular weight is 500 g/mol. The van der Waals surface area contributed by atoms with Gasteiger partial charge < -0.3 is 24.2 Å². The van der Waals surface area contributed by atoms with Crippen LogP contribution in [0.1, 0.15) is 71.5 Å². The first-order chi connectivity index (χ1) is 16.9. The van der Waals surface area contributed by atoms with Crippen molar-refractivity contribution in [3.63, 3.8) is 0 Å². The Morgan fingerprint density at radius 1 is 1.17 bits per heavy atom. The zero-order chi connectivity index (χ0) is 26.3. The van der Waals surface area contributed by atoms with Crippen LogP contribution < -0.4 is 4.74 Å². The van der Waals surface area contributed by atoms with Gasteiger partial charge in [0, 0.05) is 26.9 Å². The number of esters is 3. The van der Waals surface area contributed by atoms with Gasteiger partial charge in [-0.15, -0.1) is 0 Å². The molecule has 0 amide bonds. The number of likely N-dealkylation sites (N-methyl/N-ethyl adjacent to an activating group) is 1.